The maximum atomic E-state index is 12.6. The van der Waals surface area contributed by atoms with Crippen molar-refractivity contribution in [1.29, 1.82) is 0 Å². The fraction of sp³-hybridized carbons (Fsp3) is 0.375. The van der Waals surface area contributed by atoms with E-state index < -0.39 is 0 Å². The molecular weight excluding hydrogens is 250 g/mol. The first-order valence-electron chi connectivity index (χ1n) is 6.85. The van der Waals surface area contributed by atoms with E-state index in [-0.39, 0.29) is 11.9 Å². The lowest BCUT2D eigenvalue weighted by atomic mass is 10.0. The van der Waals surface area contributed by atoms with Crippen LogP contribution in [0.3, 0.4) is 0 Å². The summed E-state index contributed by atoms with van der Waals surface area (Å²) >= 11 is 0. The third kappa shape index (κ3) is 2.59. The third-order valence-corrected chi connectivity index (χ3v) is 3.86. The second-order valence-electron chi connectivity index (χ2n) is 5.05. The van der Waals surface area contributed by atoms with Gasteiger partial charge in [0.1, 0.15) is 0 Å². The summed E-state index contributed by atoms with van der Waals surface area (Å²) in [5.41, 5.74) is 2.82. The van der Waals surface area contributed by atoms with Gasteiger partial charge in [0.25, 0.3) is 5.91 Å². The molecule has 2 rings (SSSR count). The van der Waals surface area contributed by atoms with Crippen LogP contribution >= 0.6 is 0 Å². The molecule has 0 saturated carbocycles. The minimum absolute atomic E-state index is 0.0517. The molecule has 1 unspecified atom stereocenters. The number of amides is 1. The van der Waals surface area contributed by atoms with Gasteiger partial charge in [0, 0.05) is 38.4 Å². The highest BCUT2D eigenvalue weighted by Gasteiger charge is 2.23. The van der Waals surface area contributed by atoms with Crippen molar-refractivity contribution in [2.24, 2.45) is 7.05 Å². The summed E-state index contributed by atoms with van der Waals surface area (Å²) in [7, 11) is 3.81. The van der Waals surface area contributed by atoms with Crippen molar-refractivity contribution in [3.8, 4) is 0 Å². The summed E-state index contributed by atoms with van der Waals surface area (Å²) in [5, 5.41) is 0. The normalized spacial score (nSPS) is 12.2. The van der Waals surface area contributed by atoms with E-state index in [1.807, 2.05) is 56.2 Å². The molecule has 2 aromatic heterocycles. The highest BCUT2D eigenvalue weighted by molar-refractivity contribution is 5.95. The van der Waals surface area contributed by atoms with Gasteiger partial charge in [-0.2, -0.15) is 0 Å². The van der Waals surface area contributed by atoms with Gasteiger partial charge in [0.2, 0.25) is 0 Å². The van der Waals surface area contributed by atoms with Crippen LogP contribution in [0.15, 0.2) is 36.8 Å². The standard InChI is InChI=1S/C16H21N3O/c1-5-15(13-7-6-9-17-11-13)19(4)16(20)14-8-10-18(3)12(14)2/h6-11,15H,5H2,1-4H3. The van der Waals surface area contributed by atoms with Crippen LogP contribution in [0.5, 0.6) is 0 Å². The summed E-state index contributed by atoms with van der Waals surface area (Å²) in [6, 6.07) is 5.85. The average molecular weight is 271 g/mol. The number of rotatable bonds is 4. The molecule has 0 fully saturated rings. The quantitative estimate of drug-likeness (QED) is 0.857. The van der Waals surface area contributed by atoms with Crippen molar-refractivity contribution in [2.45, 2.75) is 26.3 Å². The predicted octanol–water partition coefficient (Wildman–Crippen LogP) is 2.95. The van der Waals surface area contributed by atoms with E-state index in [4.69, 9.17) is 0 Å². The first-order chi connectivity index (χ1) is 9.56. The lowest BCUT2D eigenvalue weighted by Gasteiger charge is -2.27. The average Bonchev–Trinajstić information content (AvgIpc) is 2.80. The van der Waals surface area contributed by atoms with Crippen LogP contribution in [0.25, 0.3) is 0 Å². The number of pyridine rings is 1. The van der Waals surface area contributed by atoms with Crippen LogP contribution < -0.4 is 0 Å². The van der Waals surface area contributed by atoms with E-state index >= 15 is 0 Å². The molecule has 1 amide bonds. The van der Waals surface area contributed by atoms with Crippen molar-refractivity contribution >= 4 is 5.91 Å². The minimum atomic E-state index is 0.0517. The number of aryl methyl sites for hydroxylation is 1. The smallest absolute Gasteiger partial charge is 0.255 e. The Morgan fingerprint density at radius 1 is 1.45 bits per heavy atom. The van der Waals surface area contributed by atoms with Crippen molar-refractivity contribution in [3.05, 3.63) is 53.6 Å². The van der Waals surface area contributed by atoms with Crippen molar-refractivity contribution < 1.29 is 4.79 Å². The summed E-state index contributed by atoms with van der Waals surface area (Å²) in [5.74, 6) is 0.0544. The molecule has 2 aromatic rings. The van der Waals surface area contributed by atoms with Gasteiger partial charge in [-0.05, 0) is 31.0 Å². The maximum absolute atomic E-state index is 12.6. The molecule has 4 heteroatoms. The second-order valence-corrected chi connectivity index (χ2v) is 5.05. The largest absolute Gasteiger partial charge is 0.354 e. The highest BCUT2D eigenvalue weighted by atomic mass is 16.2. The van der Waals surface area contributed by atoms with E-state index in [0.717, 1.165) is 23.2 Å². The second kappa shape index (κ2) is 5.90. The lowest BCUT2D eigenvalue weighted by Crippen LogP contribution is -2.31. The molecule has 0 spiro atoms. The van der Waals surface area contributed by atoms with Gasteiger partial charge in [-0.25, -0.2) is 0 Å². The van der Waals surface area contributed by atoms with Gasteiger partial charge in [0.15, 0.2) is 0 Å². The summed E-state index contributed by atoms with van der Waals surface area (Å²) in [4.78, 5) is 18.6. The first-order valence-corrected chi connectivity index (χ1v) is 6.85. The van der Waals surface area contributed by atoms with Crippen LogP contribution in [-0.4, -0.2) is 27.4 Å². The lowest BCUT2D eigenvalue weighted by molar-refractivity contribution is 0.0725. The molecule has 0 bridgehead atoms. The van der Waals surface area contributed by atoms with E-state index in [0.29, 0.717) is 0 Å². The molecule has 0 aliphatic carbocycles. The van der Waals surface area contributed by atoms with Gasteiger partial charge in [-0.3, -0.25) is 9.78 Å². The Balaban J connectivity index is 2.27. The molecule has 2 heterocycles. The van der Waals surface area contributed by atoms with Crippen LogP contribution in [-0.2, 0) is 7.05 Å². The van der Waals surface area contributed by atoms with Gasteiger partial charge in [0.05, 0.1) is 11.6 Å². The zero-order valence-corrected chi connectivity index (χ0v) is 12.5. The molecule has 1 atom stereocenters. The van der Waals surface area contributed by atoms with E-state index in [2.05, 4.69) is 11.9 Å². The van der Waals surface area contributed by atoms with Gasteiger partial charge >= 0.3 is 0 Å². The first kappa shape index (κ1) is 14.3. The molecular formula is C16H21N3O. The van der Waals surface area contributed by atoms with Crippen LogP contribution in [0.2, 0.25) is 0 Å². The Bertz CT molecular complexity index is 589. The van der Waals surface area contributed by atoms with E-state index in [1.54, 1.807) is 11.1 Å². The van der Waals surface area contributed by atoms with Gasteiger partial charge in [-0.1, -0.05) is 13.0 Å². The SMILES string of the molecule is CCC(c1cccnc1)N(C)C(=O)c1ccn(C)c1C. The van der Waals surface area contributed by atoms with Crippen LogP contribution in [0.4, 0.5) is 0 Å². The molecule has 106 valence electrons. The third-order valence-electron chi connectivity index (χ3n) is 3.86. The Labute approximate surface area is 120 Å². The minimum Gasteiger partial charge on any atom is -0.354 e. The number of hydrogen-bond donors (Lipinski definition) is 0. The monoisotopic (exact) mass is 271 g/mol. The van der Waals surface area contributed by atoms with Crippen molar-refractivity contribution in [3.63, 3.8) is 0 Å². The predicted molar refractivity (Wildman–Crippen MR) is 79.5 cm³/mol. The number of carbonyl (C=O) groups is 1. The molecule has 20 heavy (non-hydrogen) atoms. The van der Waals surface area contributed by atoms with E-state index in [9.17, 15) is 4.79 Å². The van der Waals surface area contributed by atoms with Gasteiger partial charge in [-0.15, -0.1) is 0 Å². The summed E-state index contributed by atoms with van der Waals surface area (Å²) in [6.07, 6.45) is 6.36. The van der Waals surface area contributed by atoms with Crippen LogP contribution in [0.1, 0.15) is 41.0 Å². The summed E-state index contributed by atoms with van der Waals surface area (Å²) in [6.45, 7) is 4.05. The fourth-order valence-corrected chi connectivity index (χ4v) is 2.47. The molecule has 0 aliphatic heterocycles. The molecule has 0 radical (unpaired) electrons. The topological polar surface area (TPSA) is 38.1 Å². The molecule has 4 nitrogen and oxygen atoms in total. The Kier molecular flexibility index (Phi) is 4.23. The van der Waals surface area contributed by atoms with Crippen molar-refractivity contribution in [1.82, 2.24) is 14.5 Å². The Hall–Kier alpha value is -2.10. The number of aromatic nitrogens is 2. The number of carbonyl (C=O) groups excluding carboxylic acids is 1. The fourth-order valence-electron chi connectivity index (χ4n) is 2.47. The zero-order chi connectivity index (χ0) is 14.7. The molecule has 0 aliphatic rings. The molecule has 0 N–H and O–H groups in total. The molecule has 0 saturated heterocycles. The van der Waals surface area contributed by atoms with E-state index in [1.165, 1.54) is 0 Å². The Morgan fingerprint density at radius 2 is 2.20 bits per heavy atom. The number of nitrogens with zero attached hydrogens (tertiary/aromatic N) is 3. The van der Waals surface area contributed by atoms with Gasteiger partial charge < -0.3 is 9.47 Å². The molecule has 0 aromatic carbocycles. The van der Waals surface area contributed by atoms with Crippen LogP contribution in [0, 0.1) is 6.92 Å². The summed E-state index contributed by atoms with van der Waals surface area (Å²) < 4.78 is 1.96. The van der Waals surface area contributed by atoms with Crippen molar-refractivity contribution in [2.75, 3.05) is 7.05 Å². The maximum Gasteiger partial charge on any atom is 0.255 e. The zero-order valence-electron chi connectivity index (χ0n) is 12.5. The highest BCUT2D eigenvalue weighted by Crippen LogP contribution is 2.24. The number of hydrogen-bond acceptors (Lipinski definition) is 2. The Morgan fingerprint density at radius 3 is 2.70 bits per heavy atom.